The zero-order valence-corrected chi connectivity index (χ0v) is 13.9. The maximum absolute atomic E-state index is 12.6. The number of nitrogens with one attached hydrogen (secondary N) is 1. The summed E-state index contributed by atoms with van der Waals surface area (Å²) in [7, 11) is 0. The van der Waals surface area contributed by atoms with Gasteiger partial charge in [0.2, 0.25) is 5.91 Å². The van der Waals surface area contributed by atoms with Gasteiger partial charge in [-0.3, -0.25) is 14.9 Å². The highest BCUT2D eigenvalue weighted by molar-refractivity contribution is 5.85. The van der Waals surface area contributed by atoms with E-state index in [0.717, 1.165) is 18.7 Å². The third kappa shape index (κ3) is 4.77. The van der Waals surface area contributed by atoms with Crippen LogP contribution in [0.3, 0.4) is 0 Å². The molecule has 1 atom stereocenters. The first-order chi connectivity index (χ1) is 10.5. The maximum Gasteiger partial charge on any atom is 0.269 e. The summed E-state index contributed by atoms with van der Waals surface area (Å²) in [6.07, 6.45) is 1.68. The fraction of sp³-hybridized carbons (Fsp3) is 0.438. The van der Waals surface area contributed by atoms with Crippen LogP contribution in [0.25, 0.3) is 0 Å². The zero-order valence-electron chi connectivity index (χ0n) is 13.1. The van der Waals surface area contributed by atoms with Gasteiger partial charge in [0.1, 0.15) is 0 Å². The normalized spacial score (nSPS) is 15.0. The summed E-state index contributed by atoms with van der Waals surface area (Å²) in [4.78, 5) is 24.7. The van der Waals surface area contributed by atoms with Crippen molar-refractivity contribution in [2.24, 2.45) is 11.8 Å². The number of carbonyl (C=O) groups is 1. The van der Waals surface area contributed by atoms with Crippen molar-refractivity contribution in [2.45, 2.75) is 13.5 Å². The maximum atomic E-state index is 12.6. The molecule has 1 fully saturated rings. The minimum absolute atomic E-state index is 0. The van der Waals surface area contributed by atoms with Gasteiger partial charge in [0.25, 0.3) is 5.69 Å². The van der Waals surface area contributed by atoms with Crippen LogP contribution in [0.4, 0.5) is 5.69 Å². The summed E-state index contributed by atoms with van der Waals surface area (Å²) in [5, 5.41) is 14.0. The fourth-order valence-electron chi connectivity index (χ4n) is 2.53. The van der Waals surface area contributed by atoms with E-state index >= 15 is 0 Å². The third-order valence-corrected chi connectivity index (χ3v) is 4.07. The Morgan fingerprint density at radius 1 is 1.57 bits per heavy atom. The van der Waals surface area contributed by atoms with Gasteiger partial charge in [0.15, 0.2) is 0 Å². The highest BCUT2D eigenvalue weighted by Crippen LogP contribution is 2.21. The molecule has 0 spiro atoms. The predicted octanol–water partition coefficient (Wildman–Crippen LogP) is 2.39. The molecule has 0 aromatic heterocycles. The summed E-state index contributed by atoms with van der Waals surface area (Å²) in [6, 6.07) is 6.40. The number of nitrogens with zero attached hydrogens (tertiary/aromatic N) is 2. The second-order valence-electron chi connectivity index (χ2n) is 5.64. The van der Waals surface area contributed by atoms with Crippen LogP contribution in [0.1, 0.15) is 12.5 Å². The number of non-ortho nitro benzene ring substituents is 1. The zero-order chi connectivity index (χ0) is 16.1. The Hall–Kier alpha value is -1.92. The molecule has 7 heteroatoms. The van der Waals surface area contributed by atoms with E-state index in [1.165, 1.54) is 12.1 Å². The average Bonchev–Trinajstić information content (AvgIpc) is 2.44. The molecular formula is C16H22ClN3O3. The Morgan fingerprint density at radius 2 is 2.26 bits per heavy atom. The van der Waals surface area contributed by atoms with E-state index in [1.807, 2.05) is 6.92 Å². The van der Waals surface area contributed by atoms with Crippen LogP contribution in [0.15, 0.2) is 36.9 Å². The number of halogens is 1. The van der Waals surface area contributed by atoms with Crippen molar-refractivity contribution >= 4 is 24.0 Å². The molecule has 23 heavy (non-hydrogen) atoms. The Kier molecular flexibility index (Phi) is 7.19. The van der Waals surface area contributed by atoms with Crippen LogP contribution >= 0.6 is 12.4 Å². The van der Waals surface area contributed by atoms with Gasteiger partial charge in [-0.05, 0) is 24.6 Å². The molecule has 1 aliphatic rings. The molecule has 1 N–H and O–H groups in total. The van der Waals surface area contributed by atoms with Crippen LogP contribution in [0.5, 0.6) is 0 Å². The topological polar surface area (TPSA) is 75.5 Å². The second-order valence-corrected chi connectivity index (χ2v) is 5.64. The SMILES string of the molecule is C=CCN(Cc1cccc([N+](=O)[O-])c1)C(=O)C(C)C1CNC1.Cl. The molecule has 0 bridgehead atoms. The molecule has 0 radical (unpaired) electrons. The van der Waals surface area contributed by atoms with E-state index in [0.29, 0.717) is 19.0 Å². The second kappa shape index (κ2) is 8.64. The van der Waals surface area contributed by atoms with Crippen LogP contribution in [0.2, 0.25) is 0 Å². The van der Waals surface area contributed by atoms with Crippen molar-refractivity contribution in [3.05, 3.63) is 52.6 Å². The summed E-state index contributed by atoms with van der Waals surface area (Å²) < 4.78 is 0. The van der Waals surface area contributed by atoms with E-state index in [2.05, 4.69) is 11.9 Å². The lowest BCUT2D eigenvalue weighted by Crippen LogP contribution is -2.50. The highest BCUT2D eigenvalue weighted by atomic mass is 35.5. The van der Waals surface area contributed by atoms with Crippen LogP contribution < -0.4 is 5.32 Å². The van der Waals surface area contributed by atoms with Crippen molar-refractivity contribution in [1.82, 2.24) is 10.2 Å². The summed E-state index contributed by atoms with van der Waals surface area (Å²) in [6.45, 7) is 8.16. The summed E-state index contributed by atoms with van der Waals surface area (Å²) in [5.41, 5.74) is 0.795. The lowest BCUT2D eigenvalue weighted by atomic mass is 9.88. The van der Waals surface area contributed by atoms with Gasteiger partial charge in [-0.25, -0.2) is 0 Å². The van der Waals surface area contributed by atoms with Crippen molar-refractivity contribution in [1.29, 1.82) is 0 Å². The predicted molar refractivity (Wildman–Crippen MR) is 91.5 cm³/mol. The molecule has 6 nitrogen and oxygen atoms in total. The quantitative estimate of drug-likeness (QED) is 0.470. The fourth-order valence-corrected chi connectivity index (χ4v) is 2.53. The molecule has 2 rings (SSSR count). The van der Waals surface area contributed by atoms with Crippen molar-refractivity contribution in [2.75, 3.05) is 19.6 Å². The first-order valence-electron chi connectivity index (χ1n) is 7.36. The molecule has 1 heterocycles. The third-order valence-electron chi connectivity index (χ3n) is 4.07. The first-order valence-corrected chi connectivity index (χ1v) is 7.36. The minimum Gasteiger partial charge on any atom is -0.334 e. The number of carbonyl (C=O) groups excluding carboxylic acids is 1. The molecule has 1 aromatic carbocycles. The van der Waals surface area contributed by atoms with E-state index in [9.17, 15) is 14.9 Å². The number of rotatable bonds is 7. The Bertz CT molecular complexity index is 575. The Morgan fingerprint density at radius 3 is 2.78 bits per heavy atom. The molecule has 0 saturated carbocycles. The number of amides is 1. The number of hydrogen-bond donors (Lipinski definition) is 1. The smallest absolute Gasteiger partial charge is 0.269 e. The van der Waals surface area contributed by atoms with Crippen molar-refractivity contribution < 1.29 is 9.72 Å². The lowest BCUT2D eigenvalue weighted by molar-refractivity contribution is -0.384. The standard InChI is InChI=1S/C16H21N3O3.ClH/c1-3-7-18(16(20)12(2)14-9-17-10-14)11-13-5-4-6-15(8-13)19(21)22;/h3-6,8,12,14,17H,1,7,9-11H2,2H3;1H. The van der Waals surface area contributed by atoms with Gasteiger partial charge in [-0.1, -0.05) is 25.1 Å². The van der Waals surface area contributed by atoms with E-state index in [1.54, 1.807) is 23.1 Å². The Balaban J connectivity index is 0.00000264. The van der Waals surface area contributed by atoms with Crippen molar-refractivity contribution in [3.8, 4) is 0 Å². The first kappa shape index (κ1) is 19.1. The van der Waals surface area contributed by atoms with E-state index < -0.39 is 4.92 Å². The van der Waals surface area contributed by atoms with Gasteiger partial charge in [0, 0.05) is 31.1 Å². The lowest BCUT2D eigenvalue weighted by Gasteiger charge is -2.34. The van der Waals surface area contributed by atoms with Gasteiger partial charge in [-0.15, -0.1) is 19.0 Å². The highest BCUT2D eigenvalue weighted by Gasteiger charge is 2.31. The van der Waals surface area contributed by atoms with E-state index in [4.69, 9.17) is 0 Å². The van der Waals surface area contributed by atoms with E-state index in [-0.39, 0.29) is 29.9 Å². The number of hydrogen-bond acceptors (Lipinski definition) is 4. The van der Waals surface area contributed by atoms with Gasteiger partial charge in [0.05, 0.1) is 4.92 Å². The molecule has 0 aliphatic carbocycles. The van der Waals surface area contributed by atoms with Gasteiger partial charge in [-0.2, -0.15) is 0 Å². The molecule has 126 valence electrons. The van der Waals surface area contributed by atoms with Crippen LogP contribution in [0, 0.1) is 22.0 Å². The molecule has 1 aromatic rings. The molecule has 1 saturated heterocycles. The monoisotopic (exact) mass is 339 g/mol. The largest absolute Gasteiger partial charge is 0.334 e. The molecule has 1 amide bonds. The minimum atomic E-state index is -0.425. The van der Waals surface area contributed by atoms with Gasteiger partial charge >= 0.3 is 0 Å². The summed E-state index contributed by atoms with van der Waals surface area (Å²) >= 11 is 0. The van der Waals surface area contributed by atoms with Crippen molar-refractivity contribution in [3.63, 3.8) is 0 Å². The summed E-state index contributed by atoms with van der Waals surface area (Å²) in [5.74, 6) is 0.378. The molecule has 1 aliphatic heterocycles. The molecular weight excluding hydrogens is 318 g/mol. The molecule has 1 unspecified atom stereocenters. The van der Waals surface area contributed by atoms with Crippen LogP contribution in [-0.2, 0) is 11.3 Å². The number of nitro benzene ring substituents is 1. The van der Waals surface area contributed by atoms with Crippen LogP contribution in [-0.4, -0.2) is 35.4 Å². The van der Waals surface area contributed by atoms with Gasteiger partial charge < -0.3 is 10.2 Å². The number of benzene rings is 1. The number of nitro groups is 1. The Labute approximate surface area is 142 Å². The average molecular weight is 340 g/mol.